The van der Waals surface area contributed by atoms with Gasteiger partial charge in [-0.1, -0.05) is 29.4 Å². The molecule has 3 rings (SSSR count). The first kappa shape index (κ1) is 22.8. The fourth-order valence-electron chi connectivity index (χ4n) is 2.80. The summed E-state index contributed by atoms with van der Waals surface area (Å²) in [5.74, 6) is 1.49. The second-order valence-electron chi connectivity index (χ2n) is 6.91. The summed E-state index contributed by atoms with van der Waals surface area (Å²) >= 11 is 7.41. The topological polar surface area (TPSA) is 86.1 Å². The molecule has 0 atom stereocenters. The number of hydrogen-bond donors (Lipinski definition) is 1. The van der Waals surface area contributed by atoms with Crippen LogP contribution in [0.15, 0.2) is 47.6 Å². The minimum absolute atomic E-state index is 0.00617. The van der Waals surface area contributed by atoms with Crippen LogP contribution in [0.4, 0.5) is 5.69 Å². The van der Waals surface area contributed by atoms with E-state index in [2.05, 4.69) is 15.5 Å². The molecule has 0 unspecified atom stereocenters. The summed E-state index contributed by atoms with van der Waals surface area (Å²) in [6.07, 6.45) is 0.689. The number of methoxy groups -OCH3 is 1. The third-order valence-electron chi connectivity index (χ3n) is 4.70. The average molecular weight is 459 g/mol. The molecule has 0 fully saturated rings. The van der Waals surface area contributed by atoms with Gasteiger partial charge < -0.3 is 14.6 Å². The first-order valence-electron chi connectivity index (χ1n) is 9.61. The van der Waals surface area contributed by atoms with Gasteiger partial charge in [0.1, 0.15) is 11.6 Å². The number of thioether (sulfide) groups is 1. The van der Waals surface area contributed by atoms with Gasteiger partial charge in [0, 0.05) is 36.2 Å². The van der Waals surface area contributed by atoms with Gasteiger partial charge in [0.2, 0.25) is 5.91 Å². The van der Waals surface area contributed by atoms with Crippen molar-refractivity contribution in [3.8, 4) is 5.75 Å². The Morgan fingerprint density at radius 2 is 1.90 bits per heavy atom. The number of rotatable bonds is 9. The molecule has 162 valence electrons. The minimum Gasteiger partial charge on any atom is -0.497 e. The molecule has 1 aromatic heterocycles. The van der Waals surface area contributed by atoms with Crippen LogP contribution in [0, 0.1) is 6.92 Å². The van der Waals surface area contributed by atoms with Crippen LogP contribution >= 0.6 is 23.4 Å². The molecule has 0 aliphatic heterocycles. The minimum atomic E-state index is -0.133. The van der Waals surface area contributed by atoms with Crippen LogP contribution < -0.4 is 10.1 Å². The Morgan fingerprint density at radius 3 is 2.58 bits per heavy atom. The highest BCUT2D eigenvalue weighted by atomic mass is 35.5. The number of benzene rings is 2. The molecule has 9 heteroatoms. The molecule has 0 saturated heterocycles. The number of aryl methyl sites for hydroxylation is 2. The van der Waals surface area contributed by atoms with E-state index in [9.17, 15) is 9.59 Å². The second kappa shape index (κ2) is 10.5. The lowest BCUT2D eigenvalue weighted by molar-refractivity contribution is -0.116. The van der Waals surface area contributed by atoms with E-state index in [0.29, 0.717) is 39.4 Å². The lowest BCUT2D eigenvalue weighted by atomic mass is 10.1. The Labute approximate surface area is 190 Å². The molecule has 0 saturated carbocycles. The molecule has 0 radical (unpaired) electrons. The highest BCUT2D eigenvalue weighted by molar-refractivity contribution is 7.99. The molecule has 1 amide bonds. The summed E-state index contributed by atoms with van der Waals surface area (Å²) in [5, 5.41) is 12.4. The van der Waals surface area contributed by atoms with Crippen LogP contribution in [0.5, 0.6) is 5.75 Å². The van der Waals surface area contributed by atoms with Crippen molar-refractivity contribution in [2.75, 3.05) is 18.2 Å². The van der Waals surface area contributed by atoms with Gasteiger partial charge in [-0.15, -0.1) is 10.2 Å². The molecule has 0 spiro atoms. The monoisotopic (exact) mass is 458 g/mol. The maximum atomic E-state index is 12.4. The molecule has 3 aromatic rings. The van der Waals surface area contributed by atoms with Crippen LogP contribution in [0.25, 0.3) is 0 Å². The zero-order valence-corrected chi connectivity index (χ0v) is 19.1. The van der Waals surface area contributed by atoms with Crippen LogP contribution in [-0.4, -0.2) is 39.3 Å². The maximum absolute atomic E-state index is 12.4. The standard InChI is InChI=1S/C22H23ClN4O3S/c1-14-4-7-16(12-18(14)23)24-21(29)11-10-20-25-26-22(27(20)2)31-13-19(28)15-5-8-17(30-3)9-6-15/h4-9,12H,10-11,13H2,1-3H3,(H,24,29). The van der Waals surface area contributed by atoms with Crippen molar-refractivity contribution < 1.29 is 14.3 Å². The number of amides is 1. The van der Waals surface area contributed by atoms with Crippen molar-refractivity contribution in [2.45, 2.75) is 24.9 Å². The molecule has 0 aliphatic carbocycles. The number of ether oxygens (including phenoxy) is 1. The number of halogens is 1. The Kier molecular flexibility index (Phi) is 7.70. The molecular formula is C22H23ClN4O3S. The number of nitrogens with zero attached hydrogens (tertiary/aromatic N) is 3. The van der Waals surface area contributed by atoms with Gasteiger partial charge in [-0.05, 0) is 48.9 Å². The zero-order chi connectivity index (χ0) is 22.4. The van der Waals surface area contributed by atoms with Crippen molar-refractivity contribution >= 4 is 40.7 Å². The second-order valence-corrected chi connectivity index (χ2v) is 8.26. The number of ketones is 1. The fraction of sp³-hybridized carbons (Fsp3) is 0.273. The summed E-state index contributed by atoms with van der Waals surface area (Å²) in [6, 6.07) is 12.4. The number of hydrogen-bond acceptors (Lipinski definition) is 6. The maximum Gasteiger partial charge on any atom is 0.224 e. The highest BCUT2D eigenvalue weighted by Crippen LogP contribution is 2.21. The van der Waals surface area contributed by atoms with Crippen molar-refractivity contribution in [1.82, 2.24) is 14.8 Å². The SMILES string of the molecule is COc1ccc(C(=O)CSc2nnc(CCC(=O)Nc3ccc(C)c(Cl)c3)n2C)cc1. The van der Waals surface area contributed by atoms with Gasteiger partial charge in [-0.3, -0.25) is 9.59 Å². The van der Waals surface area contributed by atoms with E-state index >= 15 is 0 Å². The predicted octanol–water partition coefficient (Wildman–Crippen LogP) is 4.33. The van der Waals surface area contributed by atoms with E-state index in [-0.39, 0.29) is 23.9 Å². The molecular weight excluding hydrogens is 436 g/mol. The molecule has 0 aliphatic rings. The normalized spacial score (nSPS) is 10.7. The van der Waals surface area contributed by atoms with E-state index < -0.39 is 0 Å². The zero-order valence-electron chi connectivity index (χ0n) is 17.5. The van der Waals surface area contributed by atoms with E-state index in [1.165, 1.54) is 11.8 Å². The van der Waals surface area contributed by atoms with Crippen LogP contribution in [0.2, 0.25) is 5.02 Å². The molecule has 1 N–H and O–H groups in total. The molecule has 1 heterocycles. The van der Waals surface area contributed by atoms with Crippen LogP contribution in [-0.2, 0) is 18.3 Å². The van der Waals surface area contributed by atoms with Gasteiger partial charge in [-0.25, -0.2) is 0 Å². The molecule has 31 heavy (non-hydrogen) atoms. The first-order chi connectivity index (χ1) is 14.9. The quantitative estimate of drug-likeness (QED) is 0.379. The first-order valence-corrected chi connectivity index (χ1v) is 11.0. The third kappa shape index (κ3) is 6.08. The van der Waals surface area contributed by atoms with Crippen LogP contribution in [0.3, 0.4) is 0 Å². The van der Waals surface area contributed by atoms with Crippen molar-refractivity contribution in [2.24, 2.45) is 7.05 Å². The Morgan fingerprint density at radius 1 is 1.16 bits per heavy atom. The average Bonchev–Trinajstić information content (AvgIpc) is 3.12. The van der Waals surface area contributed by atoms with Crippen molar-refractivity contribution in [3.63, 3.8) is 0 Å². The number of Topliss-reactive ketones (excluding diaryl/α,β-unsaturated/α-hetero) is 1. The van der Waals surface area contributed by atoms with Crippen molar-refractivity contribution in [3.05, 3.63) is 64.4 Å². The van der Waals surface area contributed by atoms with E-state index in [4.69, 9.17) is 16.3 Å². The summed E-state index contributed by atoms with van der Waals surface area (Å²) in [6.45, 7) is 1.90. The summed E-state index contributed by atoms with van der Waals surface area (Å²) < 4.78 is 6.91. The summed E-state index contributed by atoms with van der Waals surface area (Å²) in [5.41, 5.74) is 2.23. The Bertz CT molecular complexity index is 1080. The summed E-state index contributed by atoms with van der Waals surface area (Å²) in [4.78, 5) is 24.6. The molecule has 0 bridgehead atoms. The lowest BCUT2D eigenvalue weighted by Crippen LogP contribution is -2.13. The van der Waals surface area contributed by atoms with E-state index in [1.54, 1.807) is 37.4 Å². The summed E-state index contributed by atoms with van der Waals surface area (Å²) in [7, 11) is 3.41. The number of carbonyl (C=O) groups excluding carboxylic acids is 2. The predicted molar refractivity (Wildman–Crippen MR) is 122 cm³/mol. The largest absolute Gasteiger partial charge is 0.497 e. The number of carbonyl (C=O) groups is 2. The Hall–Kier alpha value is -2.84. The van der Waals surface area contributed by atoms with Crippen molar-refractivity contribution in [1.29, 1.82) is 0 Å². The number of aromatic nitrogens is 3. The highest BCUT2D eigenvalue weighted by Gasteiger charge is 2.14. The lowest BCUT2D eigenvalue weighted by Gasteiger charge is -2.07. The van der Waals surface area contributed by atoms with Gasteiger partial charge in [-0.2, -0.15) is 0 Å². The van der Waals surface area contributed by atoms with Gasteiger partial charge in [0.25, 0.3) is 0 Å². The van der Waals surface area contributed by atoms with Crippen LogP contribution in [0.1, 0.15) is 28.2 Å². The Balaban J connectivity index is 1.51. The number of anilines is 1. The third-order valence-corrected chi connectivity index (χ3v) is 6.13. The van der Waals surface area contributed by atoms with E-state index in [0.717, 1.165) is 5.56 Å². The smallest absolute Gasteiger partial charge is 0.224 e. The van der Waals surface area contributed by atoms with Gasteiger partial charge in [0.05, 0.1) is 12.9 Å². The van der Waals surface area contributed by atoms with Gasteiger partial charge >= 0.3 is 0 Å². The molecule has 2 aromatic carbocycles. The number of nitrogens with one attached hydrogen (secondary N) is 1. The fourth-order valence-corrected chi connectivity index (χ4v) is 3.80. The van der Waals surface area contributed by atoms with E-state index in [1.807, 2.05) is 30.7 Å². The van der Waals surface area contributed by atoms with Gasteiger partial charge in [0.15, 0.2) is 10.9 Å². The molecule has 7 nitrogen and oxygen atoms in total.